The van der Waals surface area contributed by atoms with E-state index in [1.54, 1.807) is 0 Å². The summed E-state index contributed by atoms with van der Waals surface area (Å²) in [6, 6.07) is 0. The number of ether oxygens (including phenoxy) is 2. The van der Waals surface area contributed by atoms with Gasteiger partial charge in [-0.3, -0.25) is 9.59 Å². The quantitative estimate of drug-likeness (QED) is 0.427. The Morgan fingerprint density at radius 1 is 0.895 bits per heavy atom. The van der Waals surface area contributed by atoms with Gasteiger partial charge in [0.25, 0.3) is 0 Å². The maximum Gasteiger partial charge on any atom is 0.305 e. The first-order valence-electron chi connectivity index (χ1n) is 7.37. The Kier molecular flexibility index (Phi) is 11.3. The lowest BCUT2D eigenvalue weighted by Crippen LogP contribution is -2.08. The zero-order valence-corrected chi connectivity index (χ0v) is 12.6. The number of hydrogen-bond acceptors (Lipinski definition) is 4. The summed E-state index contributed by atoms with van der Waals surface area (Å²) >= 11 is 0. The van der Waals surface area contributed by atoms with Crippen molar-refractivity contribution in [2.75, 3.05) is 13.2 Å². The zero-order chi connectivity index (χ0) is 14.5. The third-order valence-corrected chi connectivity index (χ3v) is 2.69. The van der Waals surface area contributed by atoms with Gasteiger partial charge in [-0.15, -0.1) is 0 Å². The van der Waals surface area contributed by atoms with E-state index in [0.717, 1.165) is 32.1 Å². The van der Waals surface area contributed by atoms with Crippen molar-refractivity contribution in [3.63, 3.8) is 0 Å². The van der Waals surface area contributed by atoms with E-state index in [4.69, 9.17) is 9.47 Å². The fraction of sp³-hybridized carbons (Fsp3) is 0.867. The van der Waals surface area contributed by atoms with Gasteiger partial charge in [0.1, 0.15) is 0 Å². The molecule has 4 heteroatoms. The van der Waals surface area contributed by atoms with Crippen molar-refractivity contribution in [2.24, 2.45) is 5.92 Å². The maximum absolute atomic E-state index is 11.3. The molecule has 0 bridgehead atoms. The van der Waals surface area contributed by atoms with Crippen molar-refractivity contribution in [2.45, 2.75) is 65.7 Å². The van der Waals surface area contributed by atoms with Crippen LogP contribution in [0.25, 0.3) is 0 Å². The highest BCUT2D eigenvalue weighted by molar-refractivity contribution is 5.69. The van der Waals surface area contributed by atoms with Gasteiger partial charge >= 0.3 is 11.9 Å². The fourth-order valence-electron chi connectivity index (χ4n) is 1.48. The molecule has 0 spiro atoms. The monoisotopic (exact) mass is 272 g/mol. The van der Waals surface area contributed by atoms with E-state index in [2.05, 4.69) is 13.8 Å². The van der Waals surface area contributed by atoms with E-state index < -0.39 is 0 Å². The molecule has 0 aromatic carbocycles. The Bertz CT molecular complexity index is 249. The van der Waals surface area contributed by atoms with Crippen LogP contribution in [0, 0.1) is 5.92 Å². The molecule has 0 rings (SSSR count). The van der Waals surface area contributed by atoms with Crippen LogP contribution in [0.1, 0.15) is 65.7 Å². The maximum atomic E-state index is 11.3. The smallest absolute Gasteiger partial charge is 0.305 e. The predicted octanol–water partition coefficient (Wildman–Crippen LogP) is 3.48. The molecule has 0 fully saturated rings. The van der Waals surface area contributed by atoms with Crippen molar-refractivity contribution in [1.29, 1.82) is 0 Å². The summed E-state index contributed by atoms with van der Waals surface area (Å²) in [6.45, 7) is 7.19. The highest BCUT2D eigenvalue weighted by Gasteiger charge is 2.05. The average Bonchev–Trinajstić information content (AvgIpc) is 2.35. The molecule has 0 N–H and O–H groups in total. The third-order valence-electron chi connectivity index (χ3n) is 2.69. The summed E-state index contributed by atoms with van der Waals surface area (Å²) in [4.78, 5) is 22.5. The molecule has 0 unspecified atom stereocenters. The summed E-state index contributed by atoms with van der Waals surface area (Å²) < 4.78 is 10.1. The molecule has 4 nitrogen and oxygen atoms in total. The summed E-state index contributed by atoms with van der Waals surface area (Å²) in [5, 5.41) is 0. The molecule has 0 aliphatic heterocycles. The second-order valence-electron chi connectivity index (χ2n) is 5.18. The molecule has 112 valence electrons. The van der Waals surface area contributed by atoms with E-state index >= 15 is 0 Å². The molecule has 0 saturated heterocycles. The molecule has 0 aliphatic carbocycles. The Labute approximate surface area is 116 Å². The van der Waals surface area contributed by atoms with Gasteiger partial charge < -0.3 is 9.47 Å². The third kappa shape index (κ3) is 13.2. The first-order chi connectivity index (χ1) is 9.06. The average molecular weight is 272 g/mol. The minimum atomic E-state index is -0.138. The van der Waals surface area contributed by atoms with Crippen LogP contribution in [0.5, 0.6) is 0 Å². The number of carbonyl (C=O) groups is 2. The normalized spacial score (nSPS) is 10.5. The highest BCUT2D eigenvalue weighted by Crippen LogP contribution is 2.06. The molecule has 0 amide bonds. The van der Waals surface area contributed by atoms with Gasteiger partial charge in [-0.05, 0) is 31.6 Å². The summed E-state index contributed by atoms with van der Waals surface area (Å²) in [5.41, 5.74) is 0. The van der Waals surface area contributed by atoms with Gasteiger partial charge in [-0.1, -0.05) is 27.2 Å². The van der Waals surface area contributed by atoms with Crippen LogP contribution in [-0.4, -0.2) is 25.2 Å². The van der Waals surface area contributed by atoms with Crippen molar-refractivity contribution >= 4 is 11.9 Å². The van der Waals surface area contributed by atoms with Gasteiger partial charge in [-0.25, -0.2) is 0 Å². The summed E-state index contributed by atoms with van der Waals surface area (Å²) in [5.74, 6) is 0.289. The van der Waals surface area contributed by atoms with E-state index in [0.29, 0.717) is 32.0 Å². The standard InChI is InChI=1S/C15H28O4/c1-4-11-18-14(16)8-6-5-7-9-15(17)19-12-10-13(2)3/h13H,4-12H2,1-3H3. The van der Waals surface area contributed by atoms with Crippen molar-refractivity contribution in [1.82, 2.24) is 0 Å². The topological polar surface area (TPSA) is 52.6 Å². The fourth-order valence-corrected chi connectivity index (χ4v) is 1.48. The van der Waals surface area contributed by atoms with Crippen LogP contribution in [0.4, 0.5) is 0 Å². The van der Waals surface area contributed by atoms with E-state index in [1.807, 2.05) is 6.92 Å². The molecule has 0 saturated carbocycles. The second kappa shape index (κ2) is 12.0. The van der Waals surface area contributed by atoms with Crippen LogP contribution < -0.4 is 0 Å². The Balaban J connectivity index is 3.33. The lowest BCUT2D eigenvalue weighted by molar-refractivity contribution is -0.144. The van der Waals surface area contributed by atoms with Crippen LogP contribution >= 0.6 is 0 Å². The van der Waals surface area contributed by atoms with Crippen LogP contribution in [0.3, 0.4) is 0 Å². The largest absolute Gasteiger partial charge is 0.466 e. The lowest BCUT2D eigenvalue weighted by Gasteiger charge is -2.06. The Morgan fingerprint density at radius 2 is 1.42 bits per heavy atom. The first kappa shape index (κ1) is 17.9. The molecule has 0 atom stereocenters. The minimum Gasteiger partial charge on any atom is -0.466 e. The number of esters is 2. The predicted molar refractivity (Wildman–Crippen MR) is 74.7 cm³/mol. The van der Waals surface area contributed by atoms with Crippen molar-refractivity contribution < 1.29 is 19.1 Å². The molecule has 0 aromatic heterocycles. The van der Waals surface area contributed by atoms with Gasteiger partial charge in [-0.2, -0.15) is 0 Å². The molecule has 0 radical (unpaired) electrons. The zero-order valence-electron chi connectivity index (χ0n) is 12.6. The highest BCUT2D eigenvalue weighted by atomic mass is 16.5. The molecule has 19 heavy (non-hydrogen) atoms. The summed E-state index contributed by atoms with van der Waals surface area (Å²) in [7, 11) is 0. The first-order valence-corrected chi connectivity index (χ1v) is 7.37. The lowest BCUT2D eigenvalue weighted by atomic mass is 10.1. The van der Waals surface area contributed by atoms with Crippen molar-refractivity contribution in [3.05, 3.63) is 0 Å². The number of hydrogen-bond donors (Lipinski definition) is 0. The number of carbonyl (C=O) groups excluding carboxylic acids is 2. The molecule has 0 aromatic rings. The molecule has 0 heterocycles. The number of rotatable bonds is 11. The Hall–Kier alpha value is -1.06. The van der Waals surface area contributed by atoms with Crippen LogP contribution in [0.2, 0.25) is 0 Å². The molecule has 0 aliphatic rings. The second-order valence-corrected chi connectivity index (χ2v) is 5.18. The van der Waals surface area contributed by atoms with Crippen LogP contribution in [0.15, 0.2) is 0 Å². The van der Waals surface area contributed by atoms with Gasteiger partial charge in [0.05, 0.1) is 13.2 Å². The SMILES string of the molecule is CCCOC(=O)CCCCCC(=O)OCCC(C)C. The molecular formula is C15H28O4. The van der Waals surface area contributed by atoms with E-state index in [-0.39, 0.29) is 11.9 Å². The number of unbranched alkanes of at least 4 members (excludes halogenated alkanes) is 2. The van der Waals surface area contributed by atoms with E-state index in [1.165, 1.54) is 0 Å². The minimum absolute atomic E-state index is 0.130. The van der Waals surface area contributed by atoms with Gasteiger partial charge in [0, 0.05) is 12.8 Å². The molecular weight excluding hydrogens is 244 g/mol. The van der Waals surface area contributed by atoms with E-state index in [9.17, 15) is 9.59 Å². The summed E-state index contributed by atoms with van der Waals surface area (Å²) in [6.07, 6.45) is 5.08. The van der Waals surface area contributed by atoms with Crippen LogP contribution in [-0.2, 0) is 19.1 Å². The Morgan fingerprint density at radius 3 is 1.89 bits per heavy atom. The van der Waals surface area contributed by atoms with Gasteiger partial charge in [0.15, 0.2) is 0 Å². The van der Waals surface area contributed by atoms with Crippen molar-refractivity contribution in [3.8, 4) is 0 Å². The van der Waals surface area contributed by atoms with Gasteiger partial charge in [0.2, 0.25) is 0 Å².